The molecule has 0 aliphatic rings. The number of benzene rings is 1. The molecule has 1 nitrogen and oxygen atoms in total. The molecule has 0 heterocycles. The zero-order chi connectivity index (χ0) is 6.69. The summed E-state index contributed by atoms with van der Waals surface area (Å²) in [5.74, 6) is 0. The summed E-state index contributed by atoms with van der Waals surface area (Å²) in [7, 11) is 1.62. The minimum Gasteiger partial charge on any atom is -0.370 e. The summed E-state index contributed by atoms with van der Waals surface area (Å²) in [5, 5.41) is 0. The summed E-state index contributed by atoms with van der Waals surface area (Å²) in [6, 6.07) is 8.02. The predicted molar refractivity (Wildman–Crippen MR) is 40.8 cm³/mol. The molecule has 0 saturated carbocycles. The van der Waals surface area contributed by atoms with Crippen LogP contribution in [-0.2, 0) is 0 Å². The molecule has 9 heavy (non-hydrogen) atoms. The lowest BCUT2D eigenvalue weighted by Crippen LogP contribution is -2.24. The van der Waals surface area contributed by atoms with E-state index in [1.54, 1.807) is 7.41 Å². The normalized spacial score (nSPS) is 9.11. The zero-order valence-electron chi connectivity index (χ0n) is 5.46. The summed E-state index contributed by atoms with van der Waals surface area (Å²) >= 11 is 0. The van der Waals surface area contributed by atoms with Gasteiger partial charge in [0.25, 0.3) is 0 Å². The second-order valence-corrected chi connectivity index (χ2v) is 2.02. The van der Waals surface area contributed by atoms with Gasteiger partial charge in [0.05, 0.1) is 0 Å². The highest BCUT2D eigenvalue weighted by Crippen LogP contribution is 1.89. The van der Waals surface area contributed by atoms with Gasteiger partial charge in [-0.05, 0) is 6.92 Å². The van der Waals surface area contributed by atoms with Crippen LogP contribution < -0.4 is 11.1 Å². The lowest BCUT2D eigenvalue weighted by molar-refractivity contribution is 1.51. The van der Waals surface area contributed by atoms with E-state index in [9.17, 15) is 0 Å². The Labute approximate surface area is 56.1 Å². The van der Waals surface area contributed by atoms with Gasteiger partial charge >= 0.3 is 0 Å². The lowest BCUT2D eigenvalue weighted by atomic mass is 9.82. The standard InChI is InChI=1S/C7H9BN/c1-6-4-2-3-5-7(6)8-9/h2-5H,9H2,1H3. The molecule has 0 saturated heterocycles. The van der Waals surface area contributed by atoms with Gasteiger partial charge in [0.1, 0.15) is 0 Å². The molecule has 0 unspecified atom stereocenters. The summed E-state index contributed by atoms with van der Waals surface area (Å²) in [5.41, 5.74) is 7.66. The first kappa shape index (κ1) is 6.37. The average Bonchev–Trinajstić information content (AvgIpc) is 1.89. The third-order valence-electron chi connectivity index (χ3n) is 1.37. The molecule has 0 aliphatic carbocycles. The Bertz CT molecular complexity index is 198. The second-order valence-electron chi connectivity index (χ2n) is 2.02. The first-order valence-electron chi connectivity index (χ1n) is 2.95. The largest absolute Gasteiger partial charge is 0.370 e. The molecular weight excluding hydrogens is 109 g/mol. The third kappa shape index (κ3) is 1.33. The Morgan fingerprint density at radius 3 is 2.44 bits per heavy atom. The van der Waals surface area contributed by atoms with Crippen molar-refractivity contribution < 1.29 is 0 Å². The monoisotopic (exact) mass is 118 g/mol. The van der Waals surface area contributed by atoms with Gasteiger partial charge < -0.3 is 5.64 Å². The van der Waals surface area contributed by atoms with Crippen LogP contribution in [0.5, 0.6) is 0 Å². The topological polar surface area (TPSA) is 26.0 Å². The Kier molecular flexibility index (Phi) is 1.90. The van der Waals surface area contributed by atoms with Crippen molar-refractivity contribution in [2.75, 3.05) is 0 Å². The van der Waals surface area contributed by atoms with Crippen LogP contribution >= 0.6 is 0 Å². The van der Waals surface area contributed by atoms with Gasteiger partial charge in [-0.1, -0.05) is 35.3 Å². The van der Waals surface area contributed by atoms with Crippen LogP contribution in [0.4, 0.5) is 0 Å². The molecule has 0 spiro atoms. The quantitative estimate of drug-likeness (QED) is 0.523. The fourth-order valence-electron chi connectivity index (χ4n) is 0.774. The molecule has 1 aromatic carbocycles. The van der Waals surface area contributed by atoms with Crippen molar-refractivity contribution in [2.24, 2.45) is 5.64 Å². The van der Waals surface area contributed by atoms with Gasteiger partial charge in [-0.15, -0.1) is 0 Å². The van der Waals surface area contributed by atoms with E-state index in [1.807, 2.05) is 31.2 Å². The van der Waals surface area contributed by atoms with E-state index >= 15 is 0 Å². The summed E-state index contributed by atoms with van der Waals surface area (Å²) in [6.07, 6.45) is 0. The van der Waals surface area contributed by atoms with Crippen LogP contribution in [0.1, 0.15) is 5.56 Å². The highest BCUT2D eigenvalue weighted by molar-refractivity contribution is 6.50. The van der Waals surface area contributed by atoms with Crippen molar-refractivity contribution in [1.82, 2.24) is 0 Å². The van der Waals surface area contributed by atoms with Crippen molar-refractivity contribution in [1.29, 1.82) is 0 Å². The van der Waals surface area contributed by atoms with E-state index in [4.69, 9.17) is 5.64 Å². The minimum absolute atomic E-state index is 1.11. The van der Waals surface area contributed by atoms with E-state index in [1.165, 1.54) is 5.56 Å². The van der Waals surface area contributed by atoms with E-state index in [0.29, 0.717) is 0 Å². The summed E-state index contributed by atoms with van der Waals surface area (Å²) < 4.78 is 0. The SMILES string of the molecule is Cc1ccccc1[B]N. The second kappa shape index (κ2) is 2.69. The number of rotatable bonds is 1. The zero-order valence-corrected chi connectivity index (χ0v) is 5.46. The van der Waals surface area contributed by atoms with Crippen molar-refractivity contribution >= 4 is 12.9 Å². The van der Waals surface area contributed by atoms with Crippen molar-refractivity contribution in [3.05, 3.63) is 29.8 Å². The third-order valence-corrected chi connectivity index (χ3v) is 1.37. The maximum atomic E-state index is 5.33. The van der Waals surface area contributed by atoms with Gasteiger partial charge in [0, 0.05) is 0 Å². The fraction of sp³-hybridized carbons (Fsp3) is 0.143. The molecule has 1 radical (unpaired) electrons. The van der Waals surface area contributed by atoms with Crippen LogP contribution in [0.3, 0.4) is 0 Å². The van der Waals surface area contributed by atoms with Crippen LogP contribution in [0.25, 0.3) is 0 Å². The molecule has 0 amide bonds. The van der Waals surface area contributed by atoms with Crippen molar-refractivity contribution in [2.45, 2.75) is 6.92 Å². The van der Waals surface area contributed by atoms with E-state index in [2.05, 4.69) is 0 Å². The van der Waals surface area contributed by atoms with Gasteiger partial charge in [-0.2, -0.15) is 0 Å². The number of aryl methyl sites for hydroxylation is 1. The highest BCUT2D eigenvalue weighted by Gasteiger charge is 1.91. The molecule has 2 N–H and O–H groups in total. The van der Waals surface area contributed by atoms with Crippen LogP contribution in [0.15, 0.2) is 24.3 Å². The Balaban J connectivity index is 3.01. The van der Waals surface area contributed by atoms with Gasteiger partial charge in [0.2, 0.25) is 7.41 Å². The molecule has 0 aromatic heterocycles. The Hall–Kier alpha value is -0.755. The molecule has 1 aromatic rings. The Morgan fingerprint density at radius 2 is 2.00 bits per heavy atom. The molecule has 45 valence electrons. The van der Waals surface area contributed by atoms with E-state index in [-0.39, 0.29) is 0 Å². The Morgan fingerprint density at radius 1 is 1.33 bits per heavy atom. The molecular formula is C7H9BN. The first-order valence-corrected chi connectivity index (χ1v) is 2.95. The van der Waals surface area contributed by atoms with Crippen molar-refractivity contribution in [3.8, 4) is 0 Å². The van der Waals surface area contributed by atoms with E-state index in [0.717, 1.165) is 5.46 Å². The average molecular weight is 118 g/mol. The molecule has 0 aliphatic heterocycles. The number of hydrogen-bond donors (Lipinski definition) is 1. The van der Waals surface area contributed by atoms with Gasteiger partial charge in [-0.25, -0.2) is 0 Å². The summed E-state index contributed by atoms with van der Waals surface area (Å²) in [4.78, 5) is 0. The van der Waals surface area contributed by atoms with E-state index < -0.39 is 0 Å². The smallest absolute Gasteiger partial charge is 0.242 e. The van der Waals surface area contributed by atoms with Gasteiger partial charge in [-0.3, -0.25) is 0 Å². The number of nitrogens with two attached hydrogens (primary N) is 1. The van der Waals surface area contributed by atoms with Crippen LogP contribution in [-0.4, -0.2) is 7.41 Å². The molecule has 0 atom stereocenters. The lowest BCUT2D eigenvalue weighted by Gasteiger charge is -1.97. The van der Waals surface area contributed by atoms with Crippen LogP contribution in [0, 0.1) is 6.92 Å². The summed E-state index contributed by atoms with van der Waals surface area (Å²) in [6.45, 7) is 2.04. The van der Waals surface area contributed by atoms with Crippen molar-refractivity contribution in [3.63, 3.8) is 0 Å². The number of hydrogen-bond acceptors (Lipinski definition) is 1. The maximum absolute atomic E-state index is 5.33. The molecule has 1 rings (SSSR count). The fourth-order valence-corrected chi connectivity index (χ4v) is 0.774. The molecule has 0 bridgehead atoms. The first-order chi connectivity index (χ1) is 4.34. The highest BCUT2D eigenvalue weighted by atomic mass is 14.4. The molecule has 2 heteroatoms. The van der Waals surface area contributed by atoms with Crippen LogP contribution in [0.2, 0.25) is 0 Å². The minimum atomic E-state index is 1.11. The predicted octanol–water partition coefficient (Wildman–Crippen LogP) is 0.198. The van der Waals surface area contributed by atoms with Gasteiger partial charge in [0.15, 0.2) is 0 Å². The molecule has 0 fully saturated rings. The maximum Gasteiger partial charge on any atom is 0.242 e.